The predicted molar refractivity (Wildman–Crippen MR) is 92.5 cm³/mol. The van der Waals surface area contributed by atoms with E-state index in [1.807, 2.05) is 12.1 Å². The van der Waals surface area contributed by atoms with Gasteiger partial charge in [-0.1, -0.05) is 13.8 Å². The maximum Gasteiger partial charge on any atom is 0.160 e. The Bertz CT molecular complexity index is 762. The number of nitrogens with zero attached hydrogens (tertiary/aromatic N) is 1. The van der Waals surface area contributed by atoms with E-state index in [1.54, 1.807) is 7.11 Å². The third-order valence-electron chi connectivity index (χ3n) is 5.23. The molecule has 0 unspecified atom stereocenters. The quantitative estimate of drug-likeness (QED) is 0.930. The van der Waals surface area contributed by atoms with E-state index in [2.05, 4.69) is 24.8 Å². The van der Waals surface area contributed by atoms with Crippen molar-refractivity contribution in [3.05, 3.63) is 46.4 Å². The molecule has 0 saturated heterocycles. The average molecular weight is 327 g/mol. The van der Waals surface area contributed by atoms with Crippen molar-refractivity contribution in [1.29, 1.82) is 0 Å². The Labute approximate surface area is 143 Å². The largest absolute Gasteiger partial charge is 0.504 e. The molecule has 0 aliphatic carbocycles. The van der Waals surface area contributed by atoms with Crippen LogP contribution in [0.2, 0.25) is 0 Å². The van der Waals surface area contributed by atoms with E-state index in [-0.39, 0.29) is 5.75 Å². The number of phenols is 1. The highest BCUT2D eigenvalue weighted by molar-refractivity contribution is 5.49. The van der Waals surface area contributed by atoms with E-state index in [9.17, 15) is 5.11 Å². The van der Waals surface area contributed by atoms with Crippen LogP contribution in [0.15, 0.2) is 22.6 Å². The van der Waals surface area contributed by atoms with Crippen molar-refractivity contribution in [2.45, 2.75) is 45.7 Å². The summed E-state index contributed by atoms with van der Waals surface area (Å²) in [4.78, 5) is 2.47. The minimum Gasteiger partial charge on any atom is -0.504 e. The van der Waals surface area contributed by atoms with Crippen LogP contribution in [-0.2, 0) is 25.8 Å². The summed E-state index contributed by atoms with van der Waals surface area (Å²) in [6.07, 6.45) is 2.93. The summed E-state index contributed by atoms with van der Waals surface area (Å²) in [6, 6.07) is 6.45. The van der Waals surface area contributed by atoms with Crippen molar-refractivity contribution in [3.8, 4) is 11.5 Å². The fourth-order valence-corrected chi connectivity index (χ4v) is 4.09. The molecule has 128 valence electrons. The second-order valence-electron chi connectivity index (χ2n) is 7.42. The Morgan fingerprint density at radius 3 is 2.88 bits per heavy atom. The van der Waals surface area contributed by atoms with E-state index >= 15 is 0 Å². The molecule has 2 aromatic rings. The number of hydrogen-bond acceptors (Lipinski definition) is 4. The van der Waals surface area contributed by atoms with Gasteiger partial charge in [0.2, 0.25) is 0 Å². The van der Waals surface area contributed by atoms with Crippen LogP contribution < -0.4 is 4.74 Å². The molecule has 4 heteroatoms. The number of aromatic hydroxyl groups is 1. The lowest BCUT2D eigenvalue weighted by Crippen LogP contribution is -2.38. The highest BCUT2D eigenvalue weighted by Gasteiger charge is 2.34. The normalized spacial score (nSPS) is 19.8. The standard InChI is InChI=1S/C20H25NO3/c1-12(2)6-15-7-14-8-17-16-10-18(22)19(23-3)9-13(16)4-5-21(17)11-20(14)24-15/h7,9-10,12,17,22H,4-6,8,11H2,1-3H3/t17-/m0/s1. The fraction of sp³-hybridized carbons (Fsp3) is 0.500. The molecule has 3 heterocycles. The van der Waals surface area contributed by atoms with E-state index in [0.717, 1.165) is 43.9 Å². The zero-order valence-corrected chi connectivity index (χ0v) is 14.6. The topological polar surface area (TPSA) is 45.8 Å². The van der Waals surface area contributed by atoms with Gasteiger partial charge in [0.1, 0.15) is 11.5 Å². The molecule has 0 bridgehead atoms. The smallest absolute Gasteiger partial charge is 0.160 e. The van der Waals surface area contributed by atoms with Crippen LogP contribution in [-0.4, -0.2) is 23.7 Å². The van der Waals surface area contributed by atoms with Crippen LogP contribution in [0.5, 0.6) is 11.5 Å². The van der Waals surface area contributed by atoms with Crippen molar-refractivity contribution in [2.75, 3.05) is 13.7 Å². The monoisotopic (exact) mass is 327 g/mol. The number of ether oxygens (including phenoxy) is 1. The van der Waals surface area contributed by atoms with Gasteiger partial charge in [-0.2, -0.15) is 0 Å². The maximum atomic E-state index is 10.2. The van der Waals surface area contributed by atoms with Crippen molar-refractivity contribution in [1.82, 2.24) is 4.90 Å². The molecule has 1 aromatic carbocycles. The molecule has 1 atom stereocenters. The lowest BCUT2D eigenvalue weighted by molar-refractivity contribution is 0.144. The van der Waals surface area contributed by atoms with Crippen LogP contribution in [0, 0.1) is 5.92 Å². The molecule has 1 aromatic heterocycles. The third-order valence-corrected chi connectivity index (χ3v) is 5.23. The summed E-state index contributed by atoms with van der Waals surface area (Å²) in [6.45, 7) is 6.32. The molecule has 2 aliphatic rings. The van der Waals surface area contributed by atoms with Crippen molar-refractivity contribution in [3.63, 3.8) is 0 Å². The van der Waals surface area contributed by atoms with E-state index in [4.69, 9.17) is 9.15 Å². The van der Waals surface area contributed by atoms with Crippen molar-refractivity contribution < 1.29 is 14.3 Å². The first-order chi connectivity index (χ1) is 11.5. The summed E-state index contributed by atoms with van der Waals surface area (Å²) in [7, 11) is 1.60. The Morgan fingerprint density at radius 2 is 2.12 bits per heavy atom. The van der Waals surface area contributed by atoms with Crippen LogP contribution in [0.3, 0.4) is 0 Å². The summed E-state index contributed by atoms with van der Waals surface area (Å²) in [5.74, 6) is 3.64. The molecule has 0 radical (unpaired) electrons. The highest BCUT2D eigenvalue weighted by Crippen LogP contribution is 2.42. The first-order valence-electron chi connectivity index (χ1n) is 8.79. The van der Waals surface area contributed by atoms with Crippen LogP contribution in [0.1, 0.15) is 48.1 Å². The number of hydrogen-bond donors (Lipinski definition) is 1. The molecule has 0 saturated carbocycles. The lowest BCUT2D eigenvalue weighted by atomic mass is 9.86. The molecule has 1 N–H and O–H groups in total. The van der Waals surface area contributed by atoms with Gasteiger partial charge in [-0.25, -0.2) is 0 Å². The number of fused-ring (bicyclic) bond motifs is 4. The zero-order chi connectivity index (χ0) is 16.8. The molecular weight excluding hydrogens is 302 g/mol. The fourth-order valence-electron chi connectivity index (χ4n) is 4.09. The van der Waals surface area contributed by atoms with E-state index in [1.165, 1.54) is 16.7 Å². The van der Waals surface area contributed by atoms with Gasteiger partial charge < -0.3 is 14.3 Å². The SMILES string of the molecule is COc1cc2c(cc1O)[C@@H]1Cc3cc(CC(C)C)oc3CN1CC2. The Morgan fingerprint density at radius 1 is 1.29 bits per heavy atom. The minimum absolute atomic E-state index is 0.233. The molecule has 0 fully saturated rings. The number of furan rings is 1. The second kappa shape index (κ2) is 5.85. The van der Waals surface area contributed by atoms with Crippen LogP contribution in [0.25, 0.3) is 0 Å². The van der Waals surface area contributed by atoms with Gasteiger partial charge >= 0.3 is 0 Å². The Balaban J connectivity index is 1.67. The highest BCUT2D eigenvalue weighted by atomic mass is 16.5. The minimum atomic E-state index is 0.233. The molecule has 0 spiro atoms. The summed E-state index contributed by atoms with van der Waals surface area (Å²) < 4.78 is 11.4. The van der Waals surface area contributed by atoms with E-state index < -0.39 is 0 Å². The summed E-state index contributed by atoms with van der Waals surface area (Å²) in [5, 5.41) is 10.2. The van der Waals surface area contributed by atoms with Crippen LogP contribution >= 0.6 is 0 Å². The molecule has 2 aliphatic heterocycles. The number of phenolic OH excluding ortho intramolecular Hbond substituents is 1. The molecule has 0 amide bonds. The lowest BCUT2D eigenvalue weighted by Gasteiger charge is -2.40. The first kappa shape index (κ1) is 15.6. The van der Waals surface area contributed by atoms with Crippen LogP contribution in [0.4, 0.5) is 0 Å². The Hall–Kier alpha value is -1.94. The van der Waals surface area contributed by atoms with E-state index in [0.29, 0.717) is 17.7 Å². The Kier molecular flexibility index (Phi) is 3.80. The third kappa shape index (κ3) is 2.59. The average Bonchev–Trinajstić information content (AvgIpc) is 2.92. The van der Waals surface area contributed by atoms with Gasteiger partial charge in [-0.3, -0.25) is 4.90 Å². The summed E-state index contributed by atoms with van der Waals surface area (Å²) >= 11 is 0. The van der Waals surface area contributed by atoms with Gasteiger partial charge in [0.15, 0.2) is 11.5 Å². The maximum absolute atomic E-state index is 10.2. The summed E-state index contributed by atoms with van der Waals surface area (Å²) in [5.41, 5.74) is 3.85. The van der Waals surface area contributed by atoms with Crippen molar-refractivity contribution >= 4 is 0 Å². The number of methoxy groups -OCH3 is 1. The second-order valence-corrected chi connectivity index (χ2v) is 7.42. The van der Waals surface area contributed by atoms with Gasteiger partial charge in [-0.05, 0) is 53.6 Å². The zero-order valence-electron chi connectivity index (χ0n) is 14.6. The van der Waals surface area contributed by atoms with Gasteiger partial charge in [0, 0.05) is 19.0 Å². The number of rotatable bonds is 3. The predicted octanol–water partition coefficient (Wildman–Crippen LogP) is 3.85. The van der Waals surface area contributed by atoms with Crippen molar-refractivity contribution in [2.24, 2.45) is 5.92 Å². The number of benzene rings is 1. The van der Waals surface area contributed by atoms with Gasteiger partial charge in [0.05, 0.1) is 13.7 Å². The first-order valence-corrected chi connectivity index (χ1v) is 8.79. The van der Waals surface area contributed by atoms with Gasteiger partial charge in [0.25, 0.3) is 0 Å². The molecular formula is C20H25NO3. The van der Waals surface area contributed by atoms with Gasteiger partial charge in [-0.15, -0.1) is 0 Å². The molecule has 4 rings (SSSR count). The molecule has 24 heavy (non-hydrogen) atoms. The molecule has 4 nitrogen and oxygen atoms in total.